The molecule has 0 aliphatic carbocycles. The third-order valence-corrected chi connectivity index (χ3v) is 3.42. The van der Waals surface area contributed by atoms with Crippen LogP contribution in [0.4, 0.5) is 13.2 Å². The minimum atomic E-state index is -4.81. The van der Waals surface area contributed by atoms with Gasteiger partial charge in [-0.1, -0.05) is 18.2 Å². The van der Waals surface area contributed by atoms with Gasteiger partial charge in [-0.15, -0.1) is 13.2 Å². The Morgan fingerprint density at radius 2 is 1.83 bits per heavy atom. The van der Waals surface area contributed by atoms with Gasteiger partial charge < -0.3 is 4.74 Å². The SMILES string of the molecule is CN(Cc1ccccc1OC(F)(F)F)S(C)(=O)=O. The number of halogens is 3. The van der Waals surface area contributed by atoms with E-state index in [-0.39, 0.29) is 12.1 Å². The van der Waals surface area contributed by atoms with Crippen LogP contribution in [0.1, 0.15) is 5.56 Å². The first-order valence-electron chi connectivity index (χ1n) is 4.84. The fraction of sp³-hybridized carbons (Fsp3) is 0.400. The number of sulfonamides is 1. The third kappa shape index (κ3) is 4.53. The van der Waals surface area contributed by atoms with Crippen molar-refractivity contribution < 1.29 is 26.3 Å². The second-order valence-corrected chi connectivity index (χ2v) is 5.76. The van der Waals surface area contributed by atoms with Gasteiger partial charge >= 0.3 is 6.36 Å². The predicted molar refractivity (Wildman–Crippen MR) is 59.4 cm³/mol. The summed E-state index contributed by atoms with van der Waals surface area (Å²) < 4.78 is 63.6. The Bertz CT molecular complexity index is 513. The lowest BCUT2D eigenvalue weighted by molar-refractivity contribution is -0.274. The number of rotatable bonds is 4. The number of para-hydroxylation sites is 1. The molecule has 0 aromatic heterocycles. The molecule has 0 N–H and O–H groups in total. The van der Waals surface area contributed by atoms with Crippen molar-refractivity contribution in [2.45, 2.75) is 12.9 Å². The van der Waals surface area contributed by atoms with Crippen LogP contribution in [0.2, 0.25) is 0 Å². The van der Waals surface area contributed by atoms with Crippen LogP contribution in [-0.4, -0.2) is 32.4 Å². The molecule has 1 aromatic carbocycles. The average molecular weight is 283 g/mol. The van der Waals surface area contributed by atoms with Gasteiger partial charge in [0, 0.05) is 19.2 Å². The summed E-state index contributed by atoms with van der Waals surface area (Å²) in [5.41, 5.74) is 0.141. The molecule has 4 nitrogen and oxygen atoms in total. The Labute approximate surface area is 103 Å². The molecule has 0 aliphatic rings. The van der Waals surface area contributed by atoms with Crippen LogP contribution in [0.25, 0.3) is 0 Å². The van der Waals surface area contributed by atoms with Crippen molar-refractivity contribution in [2.75, 3.05) is 13.3 Å². The normalized spacial score (nSPS) is 12.8. The van der Waals surface area contributed by atoms with E-state index in [0.717, 1.165) is 16.6 Å². The first-order chi connectivity index (χ1) is 8.09. The lowest BCUT2D eigenvalue weighted by atomic mass is 10.2. The molecule has 1 aromatic rings. The zero-order valence-corrected chi connectivity index (χ0v) is 10.5. The van der Waals surface area contributed by atoms with Crippen molar-refractivity contribution in [3.63, 3.8) is 0 Å². The summed E-state index contributed by atoms with van der Waals surface area (Å²) >= 11 is 0. The molecule has 0 amide bonds. The topological polar surface area (TPSA) is 46.6 Å². The summed E-state index contributed by atoms with van der Waals surface area (Å²) in [6.45, 7) is -0.189. The van der Waals surface area contributed by atoms with Crippen molar-refractivity contribution in [3.05, 3.63) is 29.8 Å². The highest BCUT2D eigenvalue weighted by molar-refractivity contribution is 7.88. The fourth-order valence-corrected chi connectivity index (χ4v) is 1.59. The number of ether oxygens (including phenoxy) is 1. The number of hydrogen-bond donors (Lipinski definition) is 0. The Hall–Kier alpha value is -1.28. The van der Waals surface area contributed by atoms with Gasteiger partial charge in [0.05, 0.1) is 6.26 Å². The van der Waals surface area contributed by atoms with Crippen molar-refractivity contribution >= 4 is 10.0 Å². The molecule has 0 saturated carbocycles. The molecule has 8 heteroatoms. The summed E-state index contributed by atoms with van der Waals surface area (Å²) in [6.07, 6.45) is -3.83. The van der Waals surface area contributed by atoms with Crippen molar-refractivity contribution in [2.24, 2.45) is 0 Å². The van der Waals surface area contributed by atoms with Gasteiger partial charge in [0.1, 0.15) is 5.75 Å². The molecule has 1 rings (SSSR count). The summed E-state index contributed by atoms with van der Waals surface area (Å²) in [5, 5.41) is 0. The number of alkyl halides is 3. The highest BCUT2D eigenvalue weighted by Crippen LogP contribution is 2.27. The standard InChI is InChI=1S/C10H12F3NO3S/c1-14(18(2,15)16)7-8-5-3-4-6-9(8)17-10(11,12)13/h3-6H,7H2,1-2H3. The van der Waals surface area contributed by atoms with E-state index in [1.54, 1.807) is 0 Å². The second kappa shape index (κ2) is 5.15. The van der Waals surface area contributed by atoms with E-state index in [1.165, 1.54) is 25.2 Å². The van der Waals surface area contributed by atoms with Gasteiger partial charge in [0.25, 0.3) is 0 Å². The maximum Gasteiger partial charge on any atom is 0.573 e. The minimum Gasteiger partial charge on any atom is -0.405 e. The quantitative estimate of drug-likeness (QED) is 0.849. The lowest BCUT2D eigenvalue weighted by Gasteiger charge is -2.17. The molecule has 0 saturated heterocycles. The van der Waals surface area contributed by atoms with Crippen LogP contribution in [0.5, 0.6) is 5.75 Å². The first-order valence-corrected chi connectivity index (χ1v) is 6.69. The fourth-order valence-electron chi connectivity index (χ4n) is 1.22. The van der Waals surface area contributed by atoms with Crippen molar-refractivity contribution in [3.8, 4) is 5.75 Å². The minimum absolute atomic E-state index is 0.141. The molecule has 0 radical (unpaired) electrons. The number of nitrogens with zero attached hydrogens (tertiary/aromatic N) is 1. The molecular formula is C10H12F3NO3S. The first kappa shape index (κ1) is 14.8. The van der Waals surface area contributed by atoms with E-state index >= 15 is 0 Å². The van der Waals surface area contributed by atoms with E-state index in [4.69, 9.17) is 0 Å². The highest BCUT2D eigenvalue weighted by atomic mass is 32.2. The predicted octanol–water partition coefficient (Wildman–Crippen LogP) is 1.98. The smallest absolute Gasteiger partial charge is 0.405 e. The van der Waals surface area contributed by atoms with Crippen LogP contribution < -0.4 is 4.74 Å². The Morgan fingerprint density at radius 1 is 1.28 bits per heavy atom. The monoisotopic (exact) mass is 283 g/mol. The van der Waals surface area contributed by atoms with Gasteiger partial charge in [-0.3, -0.25) is 0 Å². The van der Waals surface area contributed by atoms with E-state index < -0.39 is 22.1 Å². The Morgan fingerprint density at radius 3 is 2.33 bits per heavy atom. The highest BCUT2D eigenvalue weighted by Gasteiger charge is 2.32. The molecule has 18 heavy (non-hydrogen) atoms. The Kier molecular flexibility index (Phi) is 4.23. The van der Waals surface area contributed by atoms with Crippen LogP contribution in [0.3, 0.4) is 0 Å². The second-order valence-electron chi connectivity index (χ2n) is 3.67. The van der Waals surface area contributed by atoms with Gasteiger partial charge in [-0.05, 0) is 6.07 Å². The number of hydrogen-bond acceptors (Lipinski definition) is 3. The van der Waals surface area contributed by atoms with E-state index in [1.807, 2.05) is 0 Å². The molecule has 0 unspecified atom stereocenters. The van der Waals surface area contributed by atoms with Gasteiger partial charge in [0.15, 0.2) is 0 Å². The largest absolute Gasteiger partial charge is 0.573 e. The molecule has 0 heterocycles. The van der Waals surface area contributed by atoms with Crippen LogP contribution in [0.15, 0.2) is 24.3 Å². The summed E-state index contributed by atoms with van der Waals surface area (Å²) in [4.78, 5) is 0. The Balaban J connectivity index is 2.96. The summed E-state index contributed by atoms with van der Waals surface area (Å²) in [6, 6.07) is 5.40. The summed E-state index contributed by atoms with van der Waals surface area (Å²) in [7, 11) is -2.19. The molecule has 0 bridgehead atoms. The molecule has 0 atom stereocenters. The van der Waals surface area contributed by atoms with Crippen LogP contribution in [-0.2, 0) is 16.6 Å². The number of benzene rings is 1. The van der Waals surface area contributed by atoms with Crippen LogP contribution in [0, 0.1) is 0 Å². The van der Waals surface area contributed by atoms with Crippen LogP contribution >= 0.6 is 0 Å². The zero-order valence-electron chi connectivity index (χ0n) is 9.73. The maximum atomic E-state index is 12.1. The maximum absolute atomic E-state index is 12.1. The summed E-state index contributed by atoms with van der Waals surface area (Å²) in [5.74, 6) is -0.402. The van der Waals surface area contributed by atoms with E-state index in [0.29, 0.717) is 0 Å². The average Bonchev–Trinajstić information content (AvgIpc) is 2.17. The zero-order chi connectivity index (χ0) is 14.0. The van der Waals surface area contributed by atoms with Gasteiger partial charge in [-0.25, -0.2) is 12.7 Å². The van der Waals surface area contributed by atoms with E-state index in [2.05, 4.69) is 4.74 Å². The third-order valence-electron chi connectivity index (χ3n) is 2.16. The molecule has 0 aliphatic heterocycles. The van der Waals surface area contributed by atoms with Gasteiger partial charge in [-0.2, -0.15) is 0 Å². The van der Waals surface area contributed by atoms with Gasteiger partial charge in [0.2, 0.25) is 10.0 Å². The molecule has 0 fully saturated rings. The van der Waals surface area contributed by atoms with E-state index in [9.17, 15) is 21.6 Å². The van der Waals surface area contributed by atoms with Crippen molar-refractivity contribution in [1.29, 1.82) is 0 Å². The molecule has 102 valence electrons. The lowest BCUT2D eigenvalue weighted by Crippen LogP contribution is -2.26. The molecule has 0 spiro atoms. The molecular weight excluding hydrogens is 271 g/mol. The van der Waals surface area contributed by atoms with Crippen molar-refractivity contribution in [1.82, 2.24) is 4.31 Å².